The maximum Gasteiger partial charge on any atom is 0.0491 e. The van der Waals surface area contributed by atoms with Crippen molar-refractivity contribution in [3.8, 4) is 0 Å². The van der Waals surface area contributed by atoms with E-state index >= 15 is 0 Å². The van der Waals surface area contributed by atoms with Gasteiger partial charge in [-0.15, -0.1) is 0 Å². The fourth-order valence-electron chi connectivity index (χ4n) is 3.82. The number of aromatic nitrogens is 1. The Hall–Kier alpha value is -2.55. The first-order valence-corrected chi connectivity index (χ1v) is 10.7. The van der Waals surface area contributed by atoms with Crippen LogP contribution in [-0.2, 0) is 19.5 Å². The lowest BCUT2D eigenvalue weighted by Gasteiger charge is -2.13. The van der Waals surface area contributed by atoms with E-state index in [0.29, 0.717) is 6.04 Å². The molecule has 0 radical (unpaired) electrons. The van der Waals surface area contributed by atoms with Crippen LogP contribution < -0.4 is 5.32 Å². The minimum Gasteiger partial charge on any atom is -0.343 e. The first-order chi connectivity index (χ1) is 14.2. The molecule has 1 unspecified atom stereocenters. The first kappa shape index (κ1) is 19.8. The topological polar surface area (TPSA) is 17.0 Å². The van der Waals surface area contributed by atoms with Crippen LogP contribution in [0, 0.1) is 0 Å². The molecule has 0 aliphatic rings. The van der Waals surface area contributed by atoms with Crippen molar-refractivity contribution in [2.75, 3.05) is 0 Å². The number of halogens is 1. The van der Waals surface area contributed by atoms with Crippen LogP contribution in [0.5, 0.6) is 0 Å². The van der Waals surface area contributed by atoms with Crippen molar-refractivity contribution in [1.29, 1.82) is 0 Å². The van der Waals surface area contributed by atoms with Crippen LogP contribution in [0.25, 0.3) is 10.9 Å². The fraction of sp³-hybridized carbons (Fsp3) is 0.231. The highest BCUT2D eigenvalue weighted by molar-refractivity contribution is 6.31. The molecule has 0 aliphatic heterocycles. The summed E-state index contributed by atoms with van der Waals surface area (Å²) in [5.74, 6) is 0. The van der Waals surface area contributed by atoms with E-state index in [9.17, 15) is 0 Å². The van der Waals surface area contributed by atoms with Crippen molar-refractivity contribution in [3.05, 3.63) is 107 Å². The van der Waals surface area contributed by atoms with Crippen LogP contribution in [0.1, 0.15) is 30.0 Å². The summed E-state index contributed by atoms with van der Waals surface area (Å²) in [6, 6.07) is 27.9. The van der Waals surface area contributed by atoms with Gasteiger partial charge in [-0.3, -0.25) is 0 Å². The zero-order chi connectivity index (χ0) is 20.1. The summed E-state index contributed by atoms with van der Waals surface area (Å²) in [6.45, 7) is 3.92. The van der Waals surface area contributed by atoms with Crippen LogP contribution in [0.2, 0.25) is 5.02 Å². The summed E-state index contributed by atoms with van der Waals surface area (Å²) in [6.07, 6.45) is 4.50. The Morgan fingerprint density at radius 2 is 1.59 bits per heavy atom. The number of benzene rings is 3. The minimum atomic E-state index is 0.459. The standard InChI is InChI=1S/C26H27ClN2/c1-20(15-16-21-9-3-2-4-10-21)28-17-23-19-29(26-14-8-6-12-24(23)26)18-22-11-5-7-13-25(22)27/h2-14,19-20,28H,15-18H2,1H3. The van der Waals surface area contributed by atoms with E-state index in [1.54, 1.807) is 0 Å². The number of nitrogens with zero attached hydrogens (tertiary/aromatic N) is 1. The Kier molecular flexibility index (Phi) is 6.33. The molecule has 29 heavy (non-hydrogen) atoms. The molecule has 1 heterocycles. The Bertz CT molecular complexity index is 1070. The molecule has 0 spiro atoms. The number of hydrogen-bond acceptors (Lipinski definition) is 1. The van der Waals surface area contributed by atoms with Gasteiger partial charge in [-0.05, 0) is 48.6 Å². The van der Waals surface area contributed by atoms with Gasteiger partial charge >= 0.3 is 0 Å². The summed E-state index contributed by atoms with van der Waals surface area (Å²) in [5.41, 5.74) is 5.13. The second kappa shape index (κ2) is 9.30. The number of para-hydroxylation sites is 1. The smallest absolute Gasteiger partial charge is 0.0491 e. The molecule has 3 aromatic carbocycles. The SMILES string of the molecule is CC(CCc1ccccc1)NCc1cn(Cc2ccccc2Cl)c2ccccc12. The molecule has 4 aromatic rings. The predicted octanol–water partition coefficient (Wildman–Crippen LogP) is 6.45. The normalized spacial score (nSPS) is 12.3. The van der Waals surface area contributed by atoms with Gasteiger partial charge in [0.2, 0.25) is 0 Å². The molecule has 0 saturated carbocycles. The molecule has 1 aromatic heterocycles. The first-order valence-electron chi connectivity index (χ1n) is 10.3. The predicted molar refractivity (Wildman–Crippen MR) is 124 cm³/mol. The van der Waals surface area contributed by atoms with E-state index < -0.39 is 0 Å². The van der Waals surface area contributed by atoms with Gasteiger partial charge in [-0.1, -0.05) is 78.3 Å². The number of hydrogen-bond donors (Lipinski definition) is 1. The lowest BCUT2D eigenvalue weighted by molar-refractivity contribution is 0.514. The van der Waals surface area contributed by atoms with Crippen LogP contribution in [0.3, 0.4) is 0 Å². The molecule has 0 bridgehead atoms. The Morgan fingerprint density at radius 1 is 0.862 bits per heavy atom. The number of rotatable bonds is 8. The molecule has 0 aliphatic carbocycles. The Balaban J connectivity index is 1.45. The third-order valence-corrected chi connectivity index (χ3v) is 5.89. The average molecular weight is 403 g/mol. The zero-order valence-electron chi connectivity index (χ0n) is 16.8. The highest BCUT2D eigenvalue weighted by atomic mass is 35.5. The van der Waals surface area contributed by atoms with E-state index in [4.69, 9.17) is 11.6 Å². The van der Waals surface area contributed by atoms with Crippen molar-refractivity contribution in [2.24, 2.45) is 0 Å². The van der Waals surface area contributed by atoms with Crippen LogP contribution in [0.4, 0.5) is 0 Å². The van der Waals surface area contributed by atoms with Gasteiger partial charge in [0.05, 0.1) is 0 Å². The summed E-state index contributed by atoms with van der Waals surface area (Å²) in [5, 5.41) is 5.84. The highest BCUT2D eigenvalue weighted by Crippen LogP contribution is 2.24. The monoisotopic (exact) mass is 402 g/mol. The van der Waals surface area contributed by atoms with Crippen molar-refractivity contribution >= 4 is 22.5 Å². The Morgan fingerprint density at radius 3 is 2.41 bits per heavy atom. The highest BCUT2D eigenvalue weighted by Gasteiger charge is 2.11. The van der Waals surface area contributed by atoms with E-state index in [-0.39, 0.29) is 0 Å². The summed E-state index contributed by atoms with van der Waals surface area (Å²) in [7, 11) is 0. The van der Waals surface area contributed by atoms with E-state index in [1.807, 2.05) is 18.2 Å². The zero-order valence-corrected chi connectivity index (χ0v) is 17.6. The lowest BCUT2D eigenvalue weighted by Crippen LogP contribution is -2.25. The second-order valence-corrected chi connectivity index (χ2v) is 8.10. The maximum atomic E-state index is 6.39. The van der Waals surface area contributed by atoms with Gasteiger partial charge in [0.25, 0.3) is 0 Å². The van der Waals surface area contributed by atoms with Gasteiger partial charge in [-0.2, -0.15) is 0 Å². The van der Waals surface area contributed by atoms with E-state index in [0.717, 1.165) is 36.5 Å². The van der Waals surface area contributed by atoms with Gasteiger partial charge in [0, 0.05) is 41.3 Å². The molecule has 148 valence electrons. The molecule has 0 saturated heterocycles. The quantitative estimate of drug-likeness (QED) is 0.358. The third kappa shape index (κ3) is 4.90. The second-order valence-electron chi connectivity index (χ2n) is 7.70. The van der Waals surface area contributed by atoms with Crippen LogP contribution in [-0.4, -0.2) is 10.6 Å². The summed E-state index contributed by atoms with van der Waals surface area (Å²) >= 11 is 6.39. The molecule has 0 amide bonds. The van der Waals surface area contributed by atoms with Crippen molar-refractivity contribution in [1.82, 2.24) is 9.88 Å². The van der Waals surface area contributed by atoms with Gasteiger partial charge in [0.1, 0.15) is 0 Å². The summed E-state index contributed by atoms with van der Waals surface area (Å²) < 4.78 is 2.31. The fourth-order valence-corrected chi connectivity index (χ4v) is 4.01. The molecular formula is C26H27ClN2. The number of fused-ring (bicyclic) bond motifs is 1. The van der Waals surface area contributed by atoms with Crippen molar-refractivity contribution in [2.45, 2.75) is 38.9 Å². The maximum absolute atomic E-state index is 6.39. The Labute approximate surface area is 178 Å². The number of aryl methyl sites for hydroxylation is 1. The molecule has 1 atom stereocenters. The van der Waals surface area contributed by atoms with Gasteiger partial charge < -0.3 is 9.88 Å². The van der Waals surface area contributed by atoms with E-state index in [2.05, 4.69) is 83.7 Å². The number of nitrogens with one attached hydrogen (secondary N) is 1. The molecule has 3 heteroatoms. The average Bonchev–Trinajstić information content (AvgIpc) is 3.11. The largest absolute Gasteiger partial charge is 0.343 e. The molecule has 0 fully saturated rings. The molecule has 2 nitrogen and oxygen atoms in total. The van der Waals surface area contributed by atoms with Crippen molar-refractivity contribution < 1.29 is 0 Å². The van der Waals surface area contributed by atoms with E-state index in [1.165, 1.54) is 22.0 Å². The van der Waals surface area contributed by atoms with Crippen LogP contribution >= 0.6 is 11.6 Å². The summed E-state index contributed by atoms with van der Waals surface area (Å²) in [4.78, 5) is 0. The molecular weight excluding hydrogens is 376 g/mol. The third-order valence-electron chi connectivity index (χ3n) is 5.52. The van der Waals surface area contributed by atoms with Gasteiger partial charge in [-0.25, -0.2) is 0 Å². The molecule has 1 N–H and O–H groups in total. The van der Waals surface area contributed by atoms with Gasteiger partial charge in [0.15, 0.2) is 0 Å². The van der Waals surface area contributed by atoms with Crippen molar-refractivity contribution in [3.63, 3.8) is 0 Å². The minimum absolute atomic E-state index is 0.459. The van der Waals surface area contributed by atoms with Crippen LogP contribution in [0.15, 0.2) is 85.1 Å². The molecule has 4 rings (SSSR count). The lowest BCUT2D eigenvalue weighted by atomic mass is 10.1.